The third-order valence-corrected chi connectivity index (χ3v) is 23.5. The second-order valence-electron chi connectivity index (χ2n) is 34.0. The standard InChI is InChI=1S/C25H30N4O2.C22H24N4O2.C19H22N2O3.C18H17N3O3.C16H19N3O3/c1-17(2)29-11-8-20(9-12-29)23-14-19(7-10-26-23)4-3-18-5-6-21-15-22(25(30)28-31)16-27-24(21)13-18;27-22(25-28)19-14-18-7-6-17(13-21(18)24-15-19)5-4-16-2-1-3-20(12-16)26-10-8-23-9-11-26;1-19(4-6-20-7-5-19)18(24)9-13-2-3-14-10-15(17(23)12-22)11-21-16(14)8-13;1-11-16(18(22)21-23)9-12-3-4-14(10-17(12)19-11)20-13-5-7-15(24-2)8-6-13;1-9-12(14(20)19-22)7-10-5-6-11(8-13(10)17-9)18-15(21)16(2,3)4/h5-7,10,13-17,20,31H,3-4,8-9,11-12H2,1-2H3,(H,28,30);1-3,6-7,12-15,23,28H,4-5,8-11H2,(H,25,27);2-3,8,10-11,20,22H,4-7,9,12H2,1H3;3-10,20,23H,1-2H3,(H,21,22);5-8,22H,1-4H3,(H,18,21)(H,19,20). The van der Waals surface area contributed by atoms with Gasteiger partial charge in [-0.1, -0.05) is 88.4 Å². The predicted octanol–water partition coefficient (Wildman–Crippen LogP) is 14.6. The van der Waals surface area contributed by atoms with Gasteiger partial charge in [-0.05, 0) is 254 Å². The average Bonchev–Trinajstić information content (AvgIpc) is 0.819. The van der Waals surface area contributed by atoms with E-state index in [4.69, 9.17) is 30.7 Å². The molecule has 3 saturated heterocycles. The molecule has 0 aliphatic carbocycles. The number of piperidine rings is 2. The van der Waals surface area contributed by atoms with Crippen molar-refractivity contribution in [3.8, 4) is 5.75 Å². The van der Waals surface area contributed by atoms with Gasteiger partial charge in [0.2, 0.25) is 5.91 Å². The fourth-order valence-corrected chi connectivity index (χ4v) is 15.6. The molecule has 0 spiro atoms. The molecule has 0 bridgehead atoms. The Bertz CT molecular complexity index is 6190. The van der Waals surface area contributed by atoms with Gasteiger partial charge in [0.05, 0.1) is 68.3 Å². The van der Waals surface area contributed by atoms with Crippen molar-refractivity contribution in [1.29, 1.82) is 0 Å². The predicted molar refractivity (Wildman–Crippen MR) is 499 cm³/mol. The lowest BCUT2D eigenvalue weighted by Crippen LogP contribution is -2.43. The number of nitrogens with one attached hydrogen (secondary N) is 8. The number of nitrogens with zero attached hydrogens (tertiary/aromatic N) is 8. The van der Waals surface area contributed by atoms with Crippen LogP contribution in [0.2, 0.25) is 0 Å². The molecule has 29 nitrogen and oxygen atoms in total. The topological polar surface area (TPSA) is 410 Å². The first-order valence-electron chi connectivity index (χ1n) is 43.2. The molecule has 5 amide bonds. The van der Waals surface area contributed by atoms with Gasteiger partial charge in [-0.25, -0.2) is 21.9 Å². The van der Waals surface area contributed by atoms with Crippen LogP contribution in [0.25, 0.3) is 54.5 Å². The molecule has 670 valence electrons. The number of hydrogen-bond acceptors (Lipinski definition) is 24. The minimum Gasteiger partial charge on any atom is -0.497 e. The summed E-state index contributed by atoms with van der Waals surface area (Å²) in [6, 6.07) is 58.9. The fourth-order valence-electron chi connectivity index (χ4n) is 15.6. The first-order valence-corrected chi connectivity index (χ1v) is 43.2. The number of Topliss-reactive ketones (excluding diaryl/α,β-unsaturated/α-hetero) is 2. The molecule has 3 fully saturated rings. The highest BCUT2D eigenvalue weighted by Gasteiger charge is 2.34. The summed E-state index contributed by atoms with van der Waals surface area (Å²) in [4.78, 5) is 114. The van der Waals surface area contributed by atoms with E-state index in [1.807, 2.05) is 99.8 Å². The number of carbonyl (C=O) groups is 7. The number of anilines is 4. The van der Waals surface area contributed by atoms with Gasteiger partial charge >= 0.3 is 0 Å². The number of carbonyl (C=O) groups excluding carboxylic acids is 7. The average molecular weight is 1750 g/mol. The number of fused-ring (bicyclic) bond motifs is 5. The summed E-state index contributed by atoms with van der Waals surface area (Å²) in [5.41, 5.74) is 23.5. The second kappa shape index (κ2) is 44.3. The van der Waals surface area contributed by atoms with Crippen molar-refractivity contribution in [2.75, 3.05) is 81.6 Å². The van der Waals surface area contributed by atoms with Crippen LogP contribution in [0.4, 0.5) is 22.7 Å². The Morgan fingerprint density at radius 3 is 1.47 bits per heavy atom. The molecule has 13 N–H and O–H groups in total. The summed E-state index contributed by atoms with van der Waals surface area (Å²) in [7, 11) is 1.63. The number of pyridine rings is 6. The highest BCUT2D eigenvalue weighted by Crippen LogP contribution is 2.34. The van der Waals surface area contributed by atoms with Gasteiger partial charge in [-0.15, -0.1) is 0 Å². The van der Waals surface area contributed by atoms with Gasteiger partial charge in [0, 0.05) is 141 Å². The first kappa shape index (κ1) is 94.6. The molecular formula is C100H112N16O13. The van der Waals surface area contributed by atoms with Crippen molar-refractivity contribution in [2.45, 2.75) is 125 Å². The minimum atomic E-state index is -0.600. The normalized spacial score (nSPS) is 13.8. The Labute approximate surface area is 748 Å². The van der Waals surface area contributed by atoms with Gasteiger partial charge in [0.15, 0.2) is 5.78 Å². The van der Waals surface area contributed by atoms with Crippen molar-refractivity contribution in [3.63, 3.8) is 0 Å². The third kappa shape index (κ3) is 25.5. The van der Waals surface area contributed by atoms with E-state index >= 15 is 0 Å². The number of amides is 5. The van der Waals surface area contributed by atoms with Crippen LogP contribution in [0.3, 0.4) is 0 Å². The van der Waals surface area contributed by atoms with Crippen LogP contribution in [-0.2, 0) is 41.7 Å². The van der Waals surface area contributed by atoms with E-state index in [0.717, 1.165) is 163 Å². The SMILES string of the molecule is CC(C)N1CCC(c2cc(CCc3ccc4cc(C(=O)NO)cnc4c3)ccn2)CC1.CC1(C(=O)Cc2ccc3cc(C(=O)CO)cnc3c2)CCNCC1.COc1ccc(Nc2ccc3cc(C(=O)NO)c(C)nc3c2)cc1.Cc1nc2cc(NC(=O)C(C)(C)C)ccc2cc1C(=O)NO.O=C(NO)c1cnc2cc(CCc3cccc(N4CCNCC4)c3)ccc2c1. The number of likely N-dealkylation sites (tertiary alicyclic amines) is 1. The summed E-state index contributed by atoms with van der Waals surface area (Å²) in [6.07, 6.45) is 14.7. The zero-order valence-corrected chi connectivity index (χ0v) is 74.1. The number of hydrogen-bond donors (Lipinski definition) is 13. The molecular weight excluding hydrogens is 1630 g/mol. The summed E-state index contributed by atoms with van der Waals surface area (Å²) < 4.78 is 5.14. The fraction of sp³-hybridized carbons (Fsp3) is 0.310. The molecule has 0 radical (unpaired) electrons. The second-order valence-corrected chi connectivity index (χ2v) is 34.0. The van der Waals surface area contributed by atoms with Gasteiger partial charge in [-0.3, -0.25) is 84.3 Å². The van der Waals surface area contributed by atoms with Crippen LogP contribution in [-0.4, -0.2) is 174 Å². The van der Waals surface area contributed by atoms with Crippen LogP contribution < -0.4 is 52.8 Å². The molecule has 129 heavy (non-hydrogen) atoms. The molecule has 6 aromatic heterocycles. The molecule has 13 aromatic rings. The van der Waals surface area contributed by atoms with Crippen molar-refractivity contribution >= 4 is 118 Å². The summed E-state index contributed by atoms with van der Waals surface area (Å²) in [5, 5.41) is 61.0. The highest BCUT2D eigenvalue weighted by atomic mass is 16.5. The van der Waals surface area contributed by atoms with Crippen molar-refractivity contribution in [3.05, 3.63) is 279 Å². The number of ketones is 2. The van der Waals surface area contributed by atoms with Crippen LogP contribution in [0.15, 0.2) is 207 Å². The van der Waals surface area contributed by atoms with Gasteiger partial charge < -0.3 is 40.9 Å². The molecule has 9 heterocycles. The lowest BCUT2D eigenvalue weighted by molar-refractivity contribution is -0.128. The Morgan fingerprint density at radius 2 is 0.953 bits per heavy atom. The Balaban J connectivity index is 0.000000147. The number of aliphatic hydroxyl groups excluding tert-OH is 1. The van der Waals surface area contributed by atoms with Crippen LogP contribution in [0, 0.1) is 24.7 Å². The molecule has 3 aliphatic rings. The van der Waals surface area contributed by atoms with E-state index in [1.165, 1.54) is 65.1 Å². The van der Waals surface area contributed by atoms with E-state index in [-0.39, 0.29) is 22.9 Å². The van der Waals surface area contributed by atoms with Crippen molar-refractivity contribution in [2.24, 2.45) is 10.8 Å². The highest BCUT2D eigenvalue weighted by molar-refractivity contribution is 6.03. The lowest BCUT2D eigenvalue weighted by Gasteiger charge is -2.34. The monoisotopic (exact) mass is 1740 g/mol. The minimum absolute atomic E-state index is 0.0835. The summed E-state index contributed by atoms with van der Waals surface area (Å²) in [5.74, 6) is -1.07. The van der Waals surface area contributed by atoms with Crippen molar-refractivity contribution < 1.29 is 64.2 Å². The van der Waals surface area contributed by atoms with Crippen molar-refractivity contribution in [1.82, 2.24) is 67.4 Å². The maximum absolute atomic E-state index is 12.7. The molecule has 3 aliphatic heterocycles. The van der Waals surface area contributed by atoms with Crippen LogP contribution in [0.5, 0.6) is 5.75 Å². The Kier molecular flexibility index (Phi) is 32.5. The maximum atomic E-state index is 12.7. The molecule has 29 heteroatoms. The number of piperazine rings is 1. The maximum Gasteiger partial charge on any atom is 0.276 e. The van der Waals surface area contributed by atoms with E-state index in [1.54, 1.807) is 91.4 Å². The molecule has 16 rings (SSSR count). The van der Waals surface area contributed by atoms with Gasteiger partial charge in [0.25, 0.3) is 23.6 Å². The zero-order valence-electron chi connectivity index (χ0n) is 74.1. The molecule has 0 atom stereocenters. The Hall–Kier alpha value is -13.5. The Morgan fingerprint density at radius 1 is 0.496 bits per heavy atom. The van der Waals surface area contributed by atoms with Gasteiger partial charge in [0.1, 0.15) is 18.1 Å². The van der Waals surface area contributed by atoms with Crippen LogP contribution >= 0.6 is 0 Å². The summed E-state index contributed by atoms with van der Waals surface area (Å²) >= 11 is 0. The van der Waals surface area contributed by atoms with E-state index in [9.17, 15) is 33.6 Å². The van der Waals surface area contributed by atoms with E-state index in [0.29, 0.717) is 68.8 Å². The lowest BCUT2D eigenvalue weighted by atomic mass is 9.75. The van der Waals surface area contributed by atoms with Gasteiger partial charge in [-0.2, -0.15) is 0 Å². The largest absolute Gasteiger partial charge is 0.497 e. The number of ether oxygens (including phenoxy) is 1. The number of aryl methyl sites for hydroxylation is 6. The smallest absolute Gasteiger partial charge is 0.276 e. The number of methoxy groups -OCH3 is 1. The first-order chi connectivity index (χ1) is 62.1. The number of rotatable bonds is 22. The van der Waals surface area contributed by atoms with E-state index < -0.39 is 35.7 Å². The number of benzene rings is 7. The quantitative estimate of drug-likeness (QED) is 0.0170. The molecule has 0 saturated carbocycles. The number of hydroxylamine groups is 4. The molecule has 0 unspecified atom stereocenters. The third-order valence-electron chi connectivity index (χ3n) is 23.5. The number of aliphatic hydroxyl groups is 1. The van der Waals surface area contributed by atoms with E-state index in [2.05, 4.69) is 142 Å². The molecule has 7 aromatic carbocycles. The van der Waals surface area contributed by atoms with Crippen LogP contribution in [0.1, 0.15) is 170 Å². The number of aromatic nitrogens is 6. The zero-order chi connectivity index (χ0) is 91.9. The summed E-state index contributed by atoms with van der Waals surface area (Å²) in [6.45, 7) is 23.3.